The third-order valence-electron chi connectivity index (χ3n) is 30.3. The second-order valence-corrected chi connectivity index (χ2v) is 41.9. The van der Waals surface area contributed by atoms with Gasteiger partial charge in [0.25, 0.3) is 35.2 Å². The molecule has 34 heteroatoms. The van der Waals surface area contributed by atoms with E-state index in [2.05, 4.69) is 62.3 Å². The van der Waals surface area contributed by atoms with Gasteiger partial charge in [-0.3, -0.25) is 53.6 Å². The Morgan fingerprint density at radius 3 is 1.49 bits per heavy atom. The first-order valence-corrected chi connectivity index (χ1v) is 48.3. The van der Waals surface area contributed by atoms with Crippen molar-refractivity contribution in [2.75, 3.05) is 113 Å². The van der Waals surface area contributed by atoms with Gasteiger partial charge in [-0.15, -0.1) is 0 Å². The van der Waals surface area contributed by atoms with Gasteiger partial charge in [0.1, 0.15) is 16.7 Å². The summed E-state index contributed by atoms with van der Waals surface area (Å²) in [5.74, 6) is -3.96. The van der Waals surface area contributed by atoms with Gasteiger partial charge < -0.3 is 52.8 Å². The highest BCUT2D eigenvalue weighted by molar-refractivity contribution is 7.89. The molecule has 0 bridgehead atoms. The molecule has 8 aromatic rings. The number of aromatic nitrogens is 4. The van der Waals surface area contributed by atoms with Crippen molar-refractivity contribution in [2.45, 2.75) is 227 Å². The summed E-state index contributed by atoms with van der Waals surface area (Å²) in [7, 11) is 4.16. The number of carbonyl (C=O) groups is 7. The Morgan fingerprint density at radius 1 is 0.515 bits per heavy atom. The number of hydrogen-bond acceptors (Lipinski definition) is 16. The van der Waals surface area contributed by atoms with Gasteiger partial charge in [-0.2, -0.15) is 30.6 Å². The van der Waals surface area contributed by atoms with Crippen LogP contribution in [-0.4, -0.2) is 248 Å². The fourth-order valence-corrected chi connectivity index (χ4v) is 24.5. The summed E-state index contributed by atoms with van der Waals surface area (Å²) >= 11 is 6.40. The average Bonchev–Trinajstić information content (AvgIpc) is 1.61. The number of carbonyl (C=O) groups excluding carboxylic acids is 7. The molecule has 1 aliphatic carbocycles. The predicted molar refractivity (Wildman–Crippen MR) is 494 cm³/mol. The van der Waals surface area contributed by atoms with Gasteiger partial charge in [0.05, 0.1) is 68.0 Å². The highest BCUT2D eigenvalue weighted by atomic mass is 35.5. The fourth-order valence-electron chi connectivity index (χ4n) is 22.8. The Balaban J connectivity index is 0.000000144. The molecule has 9 aliphatic heterocycles. The van der Waals surface area contributed by atoms with Gasteiger partial charge in [-0.05, 0) is 272 Å². The molecule has 1 atom stereocenters. The maximum absolute atomic E-state index is 14.4. The van der Waals surface area contributed by atoms with Crippen LogP contribution >= 0.6 is 11.6 Å². The van der Waals surface area contributed by atoms with Gasteiger partial charge in [-0.25, -0.2) is 12.8 Å². The molecule has 134 heavy (non-hydrogen) atoms. The van der Waals surface area contributed by atoms with Gasteiger partial charge in [0.2, 0.25) is 10.0 Å². The van der Waals surface area contributed by atoms with E-state index in [4.69, 9.17) is 16.3 Å². The number of benzene rings is 4. The molecule has 4 aromatic carbocycles. The number of amides is 4. The number of likely N-dealkylation sites (N-methyl/N-ethyl adjacent to an activating group) is 3. The van der Waals surface area contributed by atoms with E-state index >= 15 is 0 Å². The normalized spacial score (nSPS) is 21.1. The number of fused-ring (bicyclic) bond motifs is 8. The highest BCUT2D eigenvalue weighted by Gasteiger charge is 2.54. The summed E-state index contributed by atoms with van der Waals surface area (Å²) < 4.78 is 133. The van der Waals surface area contributed by atoms with Crippen LogP contribution in [0.25, 0.3) is 0 Å². The molecule has 4 aromatic heterocycles. The van der Waals surface area contributed by atoms with Crippen LogP contribution in [0.4, 0.5) is 30.7 Å². The molecule has 3 N–H and O–H groups in total. The minimum absolute atomic E-state index is 0. The molecule has 6 fully saturated rings. The number of sulfonamides is 1. The van der Waals surface area contributed by atoms with Crippen molar-refractivity contribution in [3.05, 3.63) is 223 Å². The van der Waals surface area contributed by atoms with Crippen LogP contribution in [0.5, 0.6) is 5.75 Å². The van der Waals surface area contributed by atoms with E-state index in [1.165, 1.54) is 52.2 Å². The number of hydrogen-bond donors (Lipinski definition) is 3. The Morgan fingerprint density at radius 2 is 0.970 bits per heavy atom. The second-order valence-electron chi connectivity index (χ2n) is 39.6. The van der Waals surface area contributed by atoms with E-state index in [0.29, 0.717) is 124 Å². The summed E-state index contributed by atoms with van der Waals surface area (Å²) in [6.45, 7) is 24.1. The van der Waals surface area contributed by atoms with Crippen molar-refractivity contribution in [3.63, 3.8) is 0 Å². The minimum Gasteiger partial charge on any atom is -0.497 e. The monoisotopic (exact) mass is 1900 g/mol. The summed E-state index contributed by atoms with van der Waals surface area (Å²) in [5, 5.41) is 25.4. The van der Waals surface area contributed by atoms with Crippen molar-refractivity contribution in [1.29, 1.82) is 0 Å². The first-order chi connectivity index (χ1) is 63.1. The van der Waals surface area contributed by atoms with Crippen molar-refractivity contribution in [3.8, 4) is 5.75 Å². The molecule has 724 valence electrons. The Hall–Kier alpha value is -9.84. The number of halogens is 8. The average molecular weight is 1900 g/mol. The number of methoxy groups -OCH3 is 1. The standard InChI is InChI=1S/C26H32F3N3O3.C26H33N3O3.C25H33ClN4O3S.C23H25F4N3O3.H2/c1-16-14-18(6-7-19(16)24(3,4)35)23(34)31-12-10-25(11-13-31)21-9-8-20(22(33)26(27,28)29)32(21)17(2)15-30(25)5;1-19(30)22-9-10-23-25(27(2)17-18-29(22)23)13-15-28(16-14-25)24(31)20-5-7-21(8-6-20)26(32)11-3-4-12-26;1-19-9-13-29(14-10-19)34(32,33)21-5-3-20(4-6-21)24(31)28-15-11-25(12-16-28)22-7-8-23(26)30(22)18-17-27(25)2;1-21(2)13-30-17(19(31)23(25,26)27)6-7-18(30)22(28-21)8-10-29(11-9-22)20(32)15-5-4-14(33-3)12-16(15)24;/h6-9,14,17,35H,10-13,15H2,1-5H3;5-10,32H,3-4,11-18H2,1-2H3;3-8,19H,9-18H2,1-2H3;4-7,12,28H,8-11,13H2,1-3H3;1H. The molecule has 5 saturated heterocycles. The Labute approximate surface area is 785 Å². The lowest BCUT2D eigenvalue weighted by molar-refractivity contribution is -0.0896. The number of piperidine rings is 5. The van der Waals surface area contributed by atoms with Crippen LogP contribution in [0, 0.1) is 18.7 Å². The van der Waals surface area contributed by atoms with E-state index in [-0.39, 0.29) is 83.5 Å². The van der Waals surface area contributed by atoms with Crippen LogP contribution in [0.15, 0.2) is 138 Å². The summed E-state index contributed by atoms with van der Waals surface area (Å²) in [6, 6.07) is 37.0. The summed E-state index contributed by atoms with van der Waals surface area (Å²) in [4.78, 5) is 103. The molecule has 13 heterocycles. The number of aryl methyl sites for hydroxylation is 1. The maximum atomic E-state index is 14.4. The Bertz CT molecular complexity index is 5880. The number of Topliss-reactive ketones (excluding diaryl/α,β-unsaturated/α-hetero) is 3. The van der Waals surface area contributed by atoms with E-state index in [9.17, 15) is 82.9 Å². The molecular weight excluding hydrogens is 1780 g/mol. The summed E-state index contributed by atoms with van der Waals surface area (Å²) in [6.07, 6.45) is 0.896. The van der Waals surface area contributed by atoms with E-state index in [0.717, 1.165) is 124 Å². The number of ether oxygens (including phenoxy) is 1. The molecule has 4 amide bonds. The first kappa shape index (κ1) is 98.7. The molecule has 18 rings (SSSR count). The third kappa shape index (κ3) is 18.9. The van der Waals surface area contributed by atoms with Gasteiger partial charge >= 0.3 is 12.4 Å². The zero-order valence-electron chi connectivity index (χ0n) is 78.3. The number of alkyl halides is 6. The quantitative estimate of drug-likeness (QED) is 0.0758. The lowest BCUT2D eigenvalue weighted by Gasteiger charge is -2.52. The number of rotatable bonds is 12. The van der Waals surface area contributed by atoms with Crippen LogP contribution < -0.4 is 10.1 Å². The molecule has 4 spiro atoms. The zero-order chi connectivity index (χ0) is 96.7. The van der Waals surface area contributed by atoms with Crippen LogP contribution in [0.1, 0.15) is 258 Å². The number of nitrogens with one attached hydrogen (secondary N) is 1. The van der Waals surface area contributed by atoms with Crippen LogP contribution in [0.2, 0.25) is 5.15 Å². The van der Waals surface area contributed by atoms with E-state index in [1.54, 1.807) is 89.1 Å². The molecule has 0 radical (unpaired) electrons. The van der Waals surface area contributed by atoms with Gasteiger partial charge in [0, 0.05) is 170 Å². The van der Waals surface area contributed by atoms with E-state index < -0.39 is 73.5 Å². The SMILES string of the molecule is CC(=O)c1ccc2n1CCN(C)C21CCN(C(=O)c2ccc(C3(O)CCCC3)cc2)CC1.CC1CCN(S(=O)(=O)c2ccc(C(=O)N3CCC4(CC3)c3ccc(Cl)n3CCN4C)cc2)CC1.COc1ccc(C(=O)N2CCC3(CC2)NC(C)(C)Cn2c(C(=O)C(F)(F)F)ccc23)c(F)c1.Cc1cc(C(=O)N2CCC3(CC2)c2ccc(C(=O)C(F)(F)F)n2C(C)CN3C)ccc1C(C)(C)O.[HH]. The van der Waals surface area contributed by atoms with Crippen LogP contribution in [0.3, 0.4) is 0 Å². The number of aliphatic hydroxyl groups is 2. The number of likely N-dealkylation sites (tertiary alicyclic amines) is 4. The van der Waals surface area contributed by atoms with Crippen molar-refractivity contribution in [2.24, 2.45) is 5.92 Å². The fraction of sp³-hybridized carbons (Fsp3) is 0.530. The number of ketones is 3. The van der Waals surface area contributed by atoms with Crippen molar-refractivity contribution >= 4 is 62.6 Å². The smallest absolute Gasteiger partial charge is 0.456 e. The molecule has 10 aliphatic rings. The van der Waals surface area contributed by atoms with Crippen molar-refractivity contribution in [1.82, 2.24) is 62.2 Å². The first-order valence-electron chi connectivity index (χ1n) is 46.5. The predicted octanol–water partition coefficient (Wildman–Crippen LogP) is 15.7. The van der Waals surface area contributed by atoms with Gasteiger partial charge in [-0.1, -0.05) is 49.6 Å². The maximum Gasteiger partial charge on any atom is 0.456 e. The molecule has 1 saturated carbocycles. The highest BCUT2D eigenvalue weighted by Crippen LogP contribution is 2.49. The largest absolute Gasteiger partial charge is 0.497 e. The lowest BCUT2D eigenvalue weighted by atomic mass is 9.79. The second kappa shape index (κ2) is 37.6. The van der Waals surface area contributed by atoms with E-state index in [1.807, 2.05) is 80.9 Å². The molecule has 1 unspecified atom stereocenters. The minimum atomic E-state index is -4.96. The molecular formula is C100H125ClF7N13O12S. The van der Waals surface area contributed by atoms with Crippen LogP contribution in [-0.2, 0) is 63.0 Å². The number of nitrogens with zero attached hydrogens (tertiary/aromatic N) is 12. The third-order valence-corrected chi connectivity index (χ3v) is 32.6. The molecule has 25 nitrogen and oxygen atoms in total. The summed E-state index contributed by atoms with van der Waals surface area (Å²) in [5.41, 5.74) is 4.22. The topological polar surface area (TPSA) is 261 Å². The lowest BCUT2D eigenvalue weighted by Crippen LogP contribution is -2.63. The Kier molecular flexibility index (Phi) is 27.7. The van der Waals surface area contributed by atoms with Crippen molar-refractivity contribution < 1.29 is 89.1 Å². The van der Waals surface area contributed by atoms with Gasteiger partial charge in [0.15, 0.2) is 5.78 Å². The zero-order valence-corrected chi connectivity index (χ0v) is 79.9.